The molecule has 0 amide bonds. The molecule has 0 unspecified atom stereocenters. The van der Waals surface area contributed by atoms with Gasteiger partial charge in [-0.15, -0.1) is 5.10 Å². The van der Waals surface area contributed by atoms with Crippen LogP contribution in [0.4, 0.5) is 17.2 Å². The summed E-state index contributed by atoms with van der Waals surface area (Å²) in [6.45, 7) is 0.373. The highest BCUT2D eigenvalue weighted by Crippen LogP contribution is 2.23. The number of aromatic nitrogens is 7. The number of nitrogens with zero attached hydrogens (tertiary/aromatic N) is 7. The fourth-order valence-corrected chi connectivity index (χ4v) is 3.68. The molecule has 0 fully saturated rings. The Kier molecular flexibility index (Phi) is 11.0. The van der Waals surface area contributed by atoms with E-state index in [1.807, 2.05) is 0 Å². The zero-order valence-electron chi connectivity index (χ0n) is 23.1. The number of carbonyl (C=O) groups excluding carboxylic acids is 1. The summed E-state index contributed by atoms with van der Waals surface area (Å²) in [5.41, 5.74) is 8.67. The van der Waals surface area contributed by atoms with Gasteiger partial charge in [-0.05, 0) is 71.7 Å². The predicted octanol–water partition coefficient (Wildman–Crippen LogP) is 4.12. The number of benzene rings is 2. The first-order chi connectivity index (χ1) is 21.2. The molecule has 0 aliphatic carbocycles. The van der Waals surface area contributed by atoms with Crippen molar-refractivity contribution in [2.45, 2.75) is 12.8 Å². The number of anilines is 3. The Morgan fingerprint density at radius 2 is 1.52 bits per heavy atom. The molecule has 0 aliphatic rings. The Balaban J connectivity index is 0.000000201. The van der Waals surface area contributed by atoms with Crippen LogP contribution in [0.1, 0.15) is 12.8 Å². The van der Waals surface area contributed by atoms with Crippen LogP contribution in [0.25, 0.3) is 16.9 Å². The molecule has 4 N–H and O–H groups in total. The molecule has 2 aromatic carbocycles. The van der Waals surface area contributed by atoms with E-state index in [0.29, 0.717) is 34.2 Å². The lowest BCUT2D eigenvalue weighted by atomic mass is 10.3. The van der Waals surface area contributed by atoms with Crippen molar-refractivity contribution < 1.29 is 28.9 Å². The van der Waals surface area contributed by atoms with Crippen molar-refractivity contribution >= 4 is 63.5 Å². The molecular weight excluding hydrogens is 617 g/mol. The third-order valence-electron chi connectivity index (χ3n) is 5.54. The summed E-state index contributed by atoms with van der Waals surface area (Å²) in [5.74, 6) is 0.432. The molecule has 0 saturated heterocycles. The molecule has 0 spiro atoms. The third-order valence-corrected chi connectivity index (χ3v) is 5.90. The normalized spacial score (nSPS) is 10.4. The van der Waals surface area contributed by atoms with E-state index in [1.54, 1.807) is 48.5 Å². The maximum Gasteiger partial charge on any atom is 0.308 e. The number of aliphatic carboxylic acids is 1. The summed E-state index contributed by atoms with van der Waals surface area (Å²) in [7, 11) is 1.34. The molecule has 15 nitrogen and oxygen atoms in total. The van der Waals surface area contributed by atoms with Gasteiger partial charge in [-0.3, -0.25) is 9.59 Å². The number of methoxy groups -OCH3 is 1. The van der Waals surface area contributed by atoms with E-state index >= 15 is 0 Å². The lowest BCUT2D eigenvalue weighted by Gasteiger charge is -2.09. The average molecular weight is 642 g/mol. The Labute approximate surface area is 259 Å². The number of rotatable bonds is 11. The molecular formula is C27H25Cl2N9O6. The molecule has 0 aliphatic heterocycles. The van der Waals surface area contributed by atoms with Gasteiger partial charge in [0.25, 0.3) is 0 Å². The first-order valence-electron chi connectivity index (χ1n) is 12.8. The number of esters is 1. The van der Waals surface area contributed by atoms with Gasteiger partial charge >= 0.3 is 11.9 Å². The monoisotopic (exact) mass is 641 g/mol. The van der Waals surface area contributed by atoms with Crippen LogP contribution in [0.3, 0.4) is 0 Å². The smallest absolute Gasteiger partial charge is 0.308 e. The summed E-state index contributed by atoms with van der Waals surface area (Å²) in [6, 6.07) is 14.1. The molecule has 44 heavy (non-hydrogen) atoms. The maximum atomic E-state index is 11.0. The van der Waals surface area contributed by atoms with Crippen molar-refractivity contribution in [3.05, 3.63) is 71.5 Å². The Morgan fingerprint density at radius 3 is 2.18 bits per heavy atom. The van der Waals surface area contributed by atoms with Gasteiger partial charge in [0.1, 0.15) is 11.5 Å². The van der Waals surface area contributed by atoms with E-state index in [0.717, 1.165) is 11.4 Å². The van der Waals surface area contributed by atoms with E-state index in [1.165, 1.54) is 24.2 Å². The summed E-state index contributed by atoms with van der Waals surface area (Å²) < 4.78 is 16.8. The van der Waals surface area contributed by atoms with Gasteiger partial charge in [-0.1, -0.05) is 5.21 Å². The van der Waals surface area contributed by atoms with Gasteiger partial charge in [-0.2, -0.15) is 14.6 Å². The number of hydrogen-bond acceptors (Lipinski definition) is 13. The van der Waals surface area contributed by atoms with Crippen molar-refractivity contribution in [2.75, 3.05) is 31.4 Å². The zero-order valence-corrected chi connectivity index (χ0v) is 24.6. The number of ether oxygens (including phenoxy) is 3. The van der Waals surface area contributed by atoms with Crippen LogP contribution in [0, 0.1) is 0 Å². The van der Waals surface area contributed by atoms with Crippen LogP contribution in [0.2, 0.25) is 10.6 Å². The van der Waals surface area contributed by atoms with Gasteiger partial charge in [-0.25, -0.2) is 9.97 Å². The summed E-state index contributed by atoms with van der Waals surface area (Å²) in [4.78, 5) is 37.1. The first kappa shape index (κ1) is 31.7. The number of carboxylic acids is 1. The molecule has 0 bridgehead atoms. The van der Waals surface area contributed by atoms with E-state index in [4.69, 9.17) is 43.5 Å². The summed E-state index contributed by atoms with van der Waals surface area (Å²) in [6.07, 6.45) is 3.08. The van der Waals surface area contributed by atoms with Crippen LogP contribution < -0.4 is 20.5 Å². The highest BCUT2D eigenvalue weighted by molar-refractivity contribution is 6.28. The standard InChI is InChI=1S/C14H15ClN4O3.C13H10ClN5O3/c1-21-12(20)6-7-22-10-4-2-9(3-5-10)18-13-11(16)8-17-14(15)19-13;14-13-15-7-10-12(16-13)19(18-17-10)8-1-3-9(4-2-8)22-6-5-11(20)21/h2-5,8H,6-7,16H2,1H3,(H,17,18,19);1-4,7H,5-6H2,(H,20,21). The molecule has 228 valence electrons. The number of fused-ring (bicyclic) bond motifs is 1. The minimum absolute atomic E-state index is 0.0507. The van der Waals surface area contributed by atoms with Crippen LogP contribution >= 0.6 is 23.2 Å². The Bertz CT molecular complexity index is 1720. The predicted molar refractivity (Wildman–Crippen MR) is 161 cm³/mol. The van der Waals surface area contributed by atoms with Crippen LogP contribution in [0.5, 0.6) is 11.5 Å². The Hall–Kier alpha value is -5.28. The second-order valence-electron chi connectivity index (χ2n) is 8.60. The molecule has 17 heteroatoms. The lowest BCUT2D eigenvalue weighted by molar-refractivity contribution is -0.141. The quantitative estimate of drug-likeness (QED) is 0.137. The SMILES string of the molecule is COC(=O)CCOc1ccc(Nc2nc(Cl)ncc2N)cc1.O=C(O)CCOc1ccc(-n2nnc3cnc(Cl)nc32)cc1. The first-order valence-corrected chi connectivity index (χ1v) is 13.5. The summed E-state index contributed by atoms with van der Waals surface area (Å²) >= 11 is 11.5. The third kappa shape index (κ3) is 9.11. The minimum Gasteiger partial charge on any atom is -0.493 e. The van der Waals surface area contributed by atoms with Crippen molar-refractivity contribution in [2.24, 2.45) is 0 Å². The summed E-state index contributed by atoms with van der Waals surface area (Å²) in [5, 5.41) is 19.8. The zero-order chi connectivity index (χ0) is 31.5. The average Bonchev–Trinajstić information content (AvgIpc) is 3.43. The molecule has 0 atom stereocenters. The van der Waals surface area contributed by atoms with Gasteiger partial charge in [0.2, 0.25) is 10.6 Å². The molecule has 0 saturated carbocycles. The Morgan fingerprint density at radius 1 is 0.909 bits per heavy atom. The van der Waals surface area contributed by atoms with E-state index < -0.39 is 5.97 Å². The molecule has 5 rings (SSSR count). The van der Waals surface area contributed by atoms with Gasteiger partial charge in [0.15, 0.2) is 17.0 Å². The van der Waals surface area contributed by atoms with E-state index in [2.05, 4.69) is 40.3 Å². The van der Waals surface area contributed by atoms with Crippen LogP contribution in [-0.2, 0) is 14.3 Å². The maximum absolute atomic E-state index is 11.0. The molecule has 3 aromatic heterocycles. The molecule has 0 radical (unpaired) electrons. The van der Waals surface area contributed by atoms with Crippen molar-refractivity contribution in [1.29, 1.82) is 0 Å². The van der Waals surface area contributed by atoms with Crippen molar-refractivity contribution in [3.63, 3.8) is 0 Å². The van der Waals surface area contributed by atoms with Gasteiger partial charge < -0.3 is 30.4 Å². The number of hydrogen-bond donors (Lipinski definition) is 3. The van der Waals surface area contributed by atoms with Crippen molar-refractivity contribution in [1.82, 2.24) is 34.9 Å². The number of nitrogens with two attached hydrogens (primary N) is 1. The number of carbonyl (C=O) groups is 2. The topological polar surface area (TPSA) is 202 Å². The van der Waals surface area contributed by atoms with Crippen LogP contribution in [0.15, 0.2) is 60.9 Å². The van der Waals surface area contributed by atoms with Crippen molar-refractivity contribution in [3.8, 4) is 17.2 Å². The van der Waals surface area contributed by atoms with Crippen LogP contribution in [-0.4, -0.2) is 72.3 Å². The second kappa shape index (κ2) is 15.3. The van der Waals surface area contributed by atoms with E-state index in [-0.39, 0.29) is 42.6 Å². The lowest BCUT2D eigenvalue weighted by Crippen LogP contribution is -2.07. The number of nitrogen functional groups attached to an aromatic ring is 1. The molecule has 3 heterocycles. The highest BCUT2D eigenvalue weighted by atomic mass is 35.5. The van der Waals surface area contributed by atoms with E-state index in [9.17, 15) is 9.59 Å². The molecule has 5 aromatic rings. The van der Waals surface area contributed by atoms with Gasteiger partial charge in [0, 0.05) is 5.69 Å². The van der Waals surface area contributed by atoms with Gasteiger partial charge in [0.05, 0.1) is 56.9 Å². The number of carboxylic acid groups (broad SMARTS) is 1. The minimum atomic E-state index is -0.901. The fourth-order valence-electron chi connectivity index (χ4n) is 3.42. The largest absolute Gasteiger partial charge is 0.493 e. The second-order valence-corrected chi connectivity index (χ2v) is 9.28. The highest BCUT2D eigenvalue weighted by Gasteiger charge is 2.10. The number of nitrogens with one attached hydrogen (secondary N) is 1. The number of halogens is 2. The fraction of sp³-hybridized carbons (Fsp3) is 0.185.